The van der Waals surface area contributed by atoms with Crippen molar-refractivity contribution < 1.29 is 4.79 Å². The number of thioether (sulfide) groups is 1. The Hall–Kier alpha value is -0.220. The van der Waals surface area contributed by atoms with Gasteiger partial charge in [-0.05, 0) is 25.4 Å². The summed E-state index contributed by atoms with van der Waals surface area (Å²) < 4.78 is 0. The second kappa shape index (κ2) is 6.49. The van der Waals surface area contributed by atoms with E-state index in [0.29, 0.717) is 6.54 Å². The Bertz CT molecular complexity index is 119. The number of nitrogens with one attached hydrogen (secondary N) is 1. The third kappa shape index (κ3) is 5.09. The lowest BCUT2D eigenvalue weighted by atomic mass is 10.2. The number of nitrogens with two attached hydrogens (primary N) is 1. The minimum absolute atomic E-state index is 0.0402. The normalized spacial score (nSPS) is 12.6. The van der Waals surface area contributed by atoms with Gasteiger partial charge in [0.15, 0.2) is 0 Å². The monoisotopic (exact) mass is 176 g/mol. The highest BCUT2D eigenvalue weighted by Crippen LogP contribution is 1.98. The van der Waals surface area contributed by atoms with Crippen LogP contribution in [0, 0.1) is 0 Å². The molecule has 3 nitrogen and oxygen atoms in total. The van der Waals surface area contributed by atoms with E-state index in [1.54, 1.807) is 11.8 Å². The number of carbonyl (C=O) groups excluding carboxylic acids is 1. The minimum atomic E-state index is -0.331. The highest BCUT2D eigenvalue weighted by Gasteiger charge is 2.10. The van der Waals surface area contributed by atoms with E-state index in [2.05, 4.69) is 5.32 Å². The molecule has 3 N–H and O–H groups in total. The molecule has 0 radical (unpaired) electrons. The third-order valence-electron chi connectivity index (χ3n) is 1.32. The van der Waals surface area contributed by atoms with E-state index in [-0.39, 0.29) is 11.9 Å². The fraction of sp³-hybridized carbons (Fsp3) is 0.857. The highest BCUT2D eigenvalue weighted by atomic mass is 32.2. The first kappa shape index (κ1) is 10.8. The fourth-order valence-corrected chi connectivity index (χ4v) is 1.17. The number of hydrogen-bond donors (Lipinski definition) is 2. The Morgan fingerprint density at radius 2 is 2.36 bits per heavy atom. The van der Waals surface area contributed by atoms with Crippen LogP contribution in [0.25, 0.3) is 0 Å². The largest absolute Gasteiger partial charge is 0.355 e. The van der Waals surface area contributed by atoms with E-state index in [9.17, 15) is 4.79 Å². The Morgan fingerprint density at radius 1 is 1.73 bits per heavy atom. The Labute approximate surface area is 72.1 Å². The standard InChI is InChI=1S/C7H16N2OS/c1-3-9-7(10)6(8)4-5-11-2/h6H,3-5,8H2,1-2H3,(H,9,10)/t6-/m1/s1. The van der Waals surface area contributed by atoms with Gasteiger partial charge in [0.25, 0.3) is 0 Å². The van der Waals surface area contributed by atoms with Crippen LogP contribution in [0.15, 0.2) is 0 Å². The molecule has 0 aromatic carbocycles. The van der Waals surface area contributed by atoms with Crippen LogP contribution in [0.4, 0.5) is 0 Å². The quantitative estimate of drug-likeness (QED) is 0.629. The molecule has 1 amide bonds. The van der Waals surface area contributed by atoms with Gasteiger partial charge in [-0.1, -0.05) is 0 Å². The lowest BCUT2D eigenvalue weighted by Crippen LogP contribution is -2.40. The Morgan fingerprint density at radius 3 is 2.82 bits per heavy atom. The van der Waals surface area contributed by atoms with Gasteiger partial charge >= 0.3 is 0 Å². The van der Waals surface area contributed by atoms with E-state index in [0.717, 1.165) is 12.2 Å². The molecule has 0 heterocycles. The molecule has 0 fully saturated rings. The summed E-state index contributed by atoms with van der Waals surface area (Å²) in [5, 5.41) is 2.68. The van der Waals surface area contributed by atoms with Crippen molar-refractivity contribution in [2.24, 2.45) is 5.73 Å². The van der Waals surface area contributed by atoms with Crippen molar-refractivity contribution in [3.8, 4) is 0 Å². The molecule has 0 aromatic heterocycles. The number of rotatable bonds is 5. The smallest absolute Gasteiger partial charge is 0.236 e. The molecule has 11 heavy (non-hydrogen) atoms. The maximum absolute atomic E-state index is 11.0. The predicted molar refractivity (Wildman–Crippen MR) is 49.7 cm³/mol. The molecule has 0 unspecified atom stereocenters. The van der Waals surface area contributed by atoms with Crippen molar-refractivity contribution in [2.45, 2.75) is 19.4 Å². The molecule has 0 rings (SSSR count). The molecule has 0 bridgehead atoms. The van der Waals surface area contributed by atoms with Crippen LogP contribution in [0.1, 0.15) is 13.3 Å². The van der Waals surface area contributed by atoms with E-state index in [1.165, 1.54) is 0 Å². The number of amides is 1. The van der Waals surface area contributed by atoms with Crippen LogP contribution in [0.2, 0.25) is 0 Å². The Kier molecular flexibility index (Phi) is 6.36. The van der Waals surface area contributed by atoms with Gasteiger partial charge in [0.05, 0.1) is 6.04 Å². The molecule has 66 valence electrons. The first-order valence-corrected chi connectivity index (χ1v) is 5.14. The molecular formula is C7H16N2OS. The molecule has 0 aromatic rings. The highest BCUT2D eigenvalue weighted by molar-refractivity contribution is 7.98. The van der Waals surface area contributed by atoms with Crippen LogP contribution in [0.5, 0.6) is 0 Å². The number of carbonyl (C=O) groups is 1. The van der Waals surface area contributed by atoms with Crippen LogP contribution in [-0.4, -0.2) is 30.5 Å². The zero-order valence-electron chi connectivity index (χ0n) is 7.09. The summed E-state index contributed by atoms with van der Waals surface area (Å²) in [6, 6.07) is -0.331. The maximum Gasteiger partial charge on any atom is 0.236 e. The van der Waals surface area contributed by atoms with Crippen molar-refractivity contribution in [3.63, 3.8) is 0 Å². The zero-order valence-corrected chi connectivity index (χ0v) is 7.91. The first-order valence-electron chi connectivity index (χ1n) is 3.74. The van der Waals surface area contributed by atoms with Crippen molar-refractivity contribution in [2.75, 3.05) is 18.6 Å². The summed E-state index contributed by atoms with van der Waals surface area (Å²) in [6.07, 6.45) is 2.76. The molecule has 0 spiro atoms. The van der Waals surface area contributed by atoms with E-state index < -0.39 is 0 Å². The SMILES string of the molecule is CCNC(=O)[C@H](N)CCSC. The van der Waals surface area contributed by atoms with Crippen LogP contribution in [-0.2, 0) is 4.79 Å². The van der Waals surface area contributed by atoms with Gasteiger partial charge in [-0.15, -0.1) is 0 Å². The minimum Gasteiger partial charge on any atom is -0.355 e. The zero-order chi connectivity index (χ0) is 8.69. The van der Waals surface area contributed by atoms with Gasteiger partial charge < -0.3 is 11.1 Å². The lowest BCUT2D eigenvalue weighted by Gasteiger charge is -2.09. The van der Waals surface area contributed by atoms with E-state index in [4.69, 9.17) is 5.73 Å². The first-order chi connectivity index (χ1) is 5.22. The van der Waals surface area contributed by atoms with Crippen LogP contribution < -0.4 is 11.1 Å². The topological polar surface area (TPSA) is 55.1 Å². The molecule has 0 saturated heterocycles. The van der Waals surface area contributed by atoms with Crippen molar-refractivity contribution >= 4 is 17.7 Å². The van der Waals surface area contributed by atoms with E-state index >= 15 is 0 Å². The Balaban J connectivity index is 3.46. The van der Waals surface area contributed by atoms with Gasteiger partial charge in [-0.2, -0.15) is 11.8 Å². The molecule has 4 heteroatoms. The average Bonchev–Trinajstić information content (AvgIpc) is 2.00. The lowest BCUT2D eigenvalue weighted by molar-refractivity contribution is -0.122. The van der Waals surface area contributed by atoms with Gasteiger partial charge in [-0.3, -0.25) is 4.79 Å². The second-order valence-corrected chi connectivity index (χ2v) is 3.27. The maximum atomic E-state index is 11.0. The summed E-state index contributed by atoms with van der Waals surface area (Å²) in [5.74, 6) is 0.903. The molecule has 0 aliphatic rings. The van der Waals surface area contributed by atoms with Crippen LogP contribution >= 0.6 is 11.8 Å². The average molecular weight is 176 g/mol. The summed E-state index contributed by atoms with van der Waals surface area (Å²) in [7, 11) is 0. The molecule has 0 saturated carbocycles. The van der Waals surface area contributed by atoms with E-state index in [1.807, 2.05) is 13.2 Å². The van der Waals surface area contributed by atoms with Crippen molar-refractivity contribution in [3.05, 3.63) is 0 Å². The van der Waals surface area contributed by atoms with Gasteiger partial charge in [0.1, 0.15) is 0 Å². The molecular weight excluding hydrogens is 160 g/mol. The predicted octanol–water partition coefficient (Wildman–Crippen LogP) is 0.203. The summed E-state index contributed by atoms with van der Waals surface area (Å²) in [4.78, 5) is 11.0. The molecule has 0 aliphatic heterocycles. The third-order valence-corrected chi connectivity index (χ3v) is 1.96. The number of likely N-dealkylation sites (N-methyl/N-ethyl adjacent to an activating group) is 1. The van der Waals surface area contributed by atoms with Crippen molar-refractivity contribution in [1.29, 1.82) is 0 Å². The van der Waals surface area contributed by atoms with Gasteiger partial charge in [-0.25, -0.2) is 0 Å². The summed E-state index contributed by atoms with van der Waals surface area (Å²) >= 11 is 1.71. The van der Waals surface area contributed by atoms with Gasteiger partial charge in [0, 0.05) is 6.54 Å². The summed E-state index contributed by atoms with van der Waals surface area (Å²) in [5.41, 5.74) is 5.56. The summed E-state index contributed by atoms with van der Waals surface area (Å²) in [6.45, 7) is 2.55. The molecule has 0 aliphatic carbocycles. The van der Waals surface area contributed by atoms with Crippen LogP contribution in [0.3, 0.4) is 0 Å². The second-order valence-electron chi connectivity index (χ2n) is 2.28. The number of hydrogen-bond acceptors (Lipinski definition) is 3. The molecule has 1 atom stereocenters. The fourth-order valence-electron chi connectivity index (χ4n) is 0.681. The van der Waals surface area contributed by atoms with Gasteiger partial charge in [0.2, 0.25) is 5.91 Å². The van der Waals surface area contributed by atoms with Crippen molar-refractivity contribution in [1.82, 2.24) is 5.32 Å².